The highest BCUT2D eigenvalue weighted by molar-refractivity contribution is 5.22. The Bertz CT molecular complexity index is 323. The first-order chi connectivity index (χ1) is 7.25. The first-order valence-corrected chi connectivity index (χ1v) is 5.38. The maximum absolute atomic E-state index is 12.9. The van der Waals surface area contributed by atoms with Gasteiger partial charge in [0.05, 0.1) is 6.10 Å². The minimum Gasteiger partial charge on any atom is -0.490 e. The lowest BCUT2D eigenvalue weighted by Crippen LogP contribution is -2.25. The molecule has 1 aromatic carbocycles. The van der Waals surface area contributed by atoms with E-state index in [9.17, 15) is 4.39 Å². The van der Waals surface area contributed by atoms with Crippen molar-refractivity contribution >= 4 is 0 Å². The molecule has 2 rings (SSSR count). The fourth-order valence-corrected chi connectivity index (χ4v) is 1.93. The third kappa shape index (κ3) is 2.69. The summed E-state index contributed by atoms with van der Waals surface area (Å²) in [7, 11) is 0. The van der Waals surface area contributed by atoms with Crippen LogP contribution in [0, 0.1) is 11.7 Å². The summed E-state index contributed by atoms with van der Waals surface area (Å²) in [6, 6.07) is 6.32. The Morgan fingerprint density at radius 1 is 1.53 bits per heavy atom. The largest absolute Gasteiger partial charge is 0.490 e. The van der Waals surface area contributed by atoms with Gasteiger partial charge in [0, 0.05) is 18.5 Å². The maximum atomic E-state index is 12.9. The van der Waals surface area contributed by atoms with Gasteiger partial charge in [0.15, 0.2) is 0 Å². The third-order valence-electron chi connectivity index (χ3n) is 2.88. The van der Waals surface area contributed by atoms with Crippen molar-refractivity contribution in [2.75, 3.05) is 13.1 Å². The molecule has 0 aromatic heterocycles. The monoisotopic (exact) mass is 209 g/mol. The highest BCUT2D eigenvalue weighted by Gasteiger charge is 2.22. The van der Waals surface area contributed by atoms with E-state index in [-0.39, 0.29) is 11.9 Å². The highest BCUT2D eigenvalue weighted by Crippen LogP contribution is 2.20. The Balaban J connectivity index is 1.95. The second kappa shape index (κ2) is 4.62. The van der Waals surface area contributed by atoms with Gasteiger partial charge < -0.3 is 10.1 Å². The van der Waals surface area contributed by atoms with E-state index in [1.807, 2.05) is 6.92 Å². The van der Waals surface area contributed by atoms with Gasteiger partial charge in [-0.3, -0.25) is 0 Å². The zero-order valence-corrected chi connectivity index (χ0v) is 8.87. The molecule has 0 aliphatic carbocycles. The molecule has 1 heterocycles. The molecule has 0 saturated carbocycles. The minimum atomic E-state index is -0.246. The fraction of sp³-hybridized carbons (Fsp3) is 0.500. The summed E-state index contributed by atoms with van der Waals surface area (Å²) in [5, 5.41) is 3.30. The summed E-state index contributed by atoms with van der Waals surface area (Å²) in [5.74, 6) is 0.909. The average Bonchev–Trinajstić information content (AvgIpc) is 2.70. The topological polar surface area (TPSA) is 21.3 Å². The quantitative estimate of drug-likeness (QED) is 0.824. The third-order valence-corrected chi connectivity index (χ3v) is 2.88. The second-order valence-electron chi connectivity index (χ2n) is 4.03. The van der Waals surface area contributed by atoms with E-state index in [2.05, 4.69) is 5.32 Å². The van der Waals surface area contributed by atoms with Crippen LogP contribution >= 0.6 is 0 Å². The van der Waals surface area contributed by atoms with Crippen LogP contribution in [0.1, 0.15) is 13.3 Å². The number of benzene rings is 1. The number of hydrogen-bond acceptors (Lipinski definition) is 2. The van der Waals surface area contributed by atoms with Crippen molar-refractivity contribution in [1.29, 1.82) is 0 Å². The van der Waals surface area contributed by atoms with E-state index in [0.717, 1.165) is 19.5 Å². The van der Waals surface area contributed by atoms with Crippen LogP contribution in [-0.4, -0.2) is 19.2 Å². The van der Waals surface area contributed by atoms with Crippen molar-refractivity contribution in [2.45, 2.75) is 19.4 Å². The lowest BCUT2D eigenvalue weighted by atomic mass is 10.0. The maximum Gasteiger partial charge on any atom is 0.126 e. The summed E-state index contributed by atoms with van der Waals surface area (Å²) in [5.41, 5.74) is 0. The van der Waals surface area contributed by atoms with Crippen LogP contribution in [0.5, 0.6) is 5.75 Å². The van der Waals surface area contributed by atoms with Crippen molar-refractivity contribution in [3.8, 4) is 5.75 Å². The SMILES string of the molecule is CC(Oc1cccc(F)c1)C1CCNC1. The van der Waals surface area contributed by atoms with Crippen molar-refractivity contribution in [3.05, 3.63) is 30.1 Å². The lowest BCUT2D eigenvalue weighted by Gasteiger charge is -2.20. The molecule has 0 radical (unpaired) electrons. The minimum absolute atomic E-state index is 0.141. The Morgan fingerprint density at radius 3 is 3.07 bits per heavy atom. The molecule has 1 N–H and O–H groups in total. The van der Waals surface area contributed by atoms with E-state index >= 15 is 0 Å². The molecule has 82 valence electrons. The highest BCUT2D eigenvalue weighted by atomic mass is 19.1. The molecular formula is C12H16FNO. The molecule has 1 fully saturated rings. The fourth-order valence-electron chi connectivity index (χ4n) is 1.93. The molecule has 1 aliphatic heterocycles. The zero-order valence-electron chi connectivity index (χ0n) is 8.87. The van der Waals surface area contributed by atoms with Crippen molar-refractivity contribution in [2.24, 2.45) is 5.92 Å². The van der Waals surface area contributed by atoms with Gasteiger partial charge in [-0.2, -0.15) is 0 Å². The summed E-state index contributed by atoms with van der Waals surface area (Å²) >= 11 is 0. The van der Waals surface area contributed by atoms with Gasteiger partial charge in [-0.1, -0.05) is 6.07 Å². The van der Waals surface area contributed by atoms with E-state index < -0.39 is 0 Å². The normalized spacial score (nSPS) is 22.7. The lowest BCUT2D eigenvalue weighted by molar-refractivity contribution is 0.160. The number of hydrogen-bond donors (Lipinski definition) is 1. The van der Waals surface area contributed by atoms with Crippen molar-refractivity contribution in [1.82, 2.24) is 5.32 Å². The van der Waals surface area contributed by atoms with Crippen molar-refractivity contribution in [3.63, 3.8) is 0 Å². The predicted molar refractivity (Wildman–Crippen MR) is 57.5 cm³/mol. The van der Waals surface area contributed by atoms with Gasteiger partial charge in [-0.15, -0.1) is 0 Å². The van der Waals surface area contributed by atoms with Gasteiger partial charge in [-0.25, -0.2) is 4.39 Å². The van der Waals surface area contributed by atoms with Gasteiger partial charge in [0.1, 0.15) is 11.6 Å². The van der Waals surface area contributed by atoms with Crippen molar-refractivity contribution < 1.29 is 9.13 Å². The van der Waals surface area contributed by atoms with E-state index in [4.69, 9.17) is 4.74 Å². The molecule has 2 unspecified atom stereocenters. The number of ether oxygens (including phenoxy) is 1. The van der Waals surface area contributed by atoms with Gasteiger partial charge in [0.25, 0.3) is 0 Å². The number of rotatable bonds is 3. The van der Waals surface area contributed by atoms with Crippen LogP contribution in [-0.2, 0) is 0 Å². The molecule has 0 bridgehead atoms. The molecule has 1 aliphatic rings. The number of halogens is 1. The van der Waals surface area contributed by atoms with Crippen LogP contribution in [0.25, 0.3) is 0 Å². The molecule has 15 heavy (non-hydrogen) atoms. The van der Waals surface area contributed by atoms with Crippen LogP contribution in [0.4, 0.5) is 4.39 Å². The van der Waals surface area contributed by atoms with Gasteiger partial charge in [-0.05, 0) is 32.0 Å². The van der Waals surface area contributed by atoms with Crippen LogP contribution < -0.4 is 10.1 Å². The molecule has 0 amide bonds. The number of nitrogens with one attached hydrogen (secondary N) is 1. The van der Waals surface area contributed by atoms with Crippen LogP contribution in [0.3, 0.4) is 0 Å². The van der Waals surface area contributed by atoms with E-state index in [1.165, 1.54) is 12.1 Å². The van der Waals surface area contributed by atoms with E-state index in [0.29, 0.717) is 11.7 Å². The van der Waals surface area contributed by atoms with Gasteiger partial charge in [0.2, 0.25) is 0 Å². The Morgan fingerprint density at radius 2 is 2.40 bits per heavy atom. The Kier molecular flexibility index (Phi) is 3.21. The molecule has 2 atom stereocenters. The standard InChI is InChI=1S/C12H16FNO/c1-9(10-5-6-14-8-10)15-12-4-2-3-11(13)7-12/h2-4,7,9-10,14H,5-6,8H2,1H3. The zero-order chi connectivity index (χ0) is 10.7. The molecule has 2 nitrogen and oxygen atoms in total. The second-order valence-corrected chi connectivity index (χ2v) is 4.03. The Hall–Kier alpha value is -1.09. The predicted octanol–water partition coefficient (Wildman–Crippen LogP) is 2.20. The molecule has 1 saturated heterocycles. The summed E-state index contributed by atoms with van der Waals surface area (Å²) < 4.78 is 18.6. The van der Waals surface area contributed by atoms with Crippen LogP contribution in [0.15, 0.2) is 24.3 Å². The average molecular weight is 209 g/mol. The molecule has 0 spiro atoms. The summed E-state index contributed by atoms with van der Waals surface area (Å²) in [6.07, 6.45) is 1.28. The first-order valence-electron chi connectivity index (χ1n) is 5.38. The Labute approximate surface area is 89.4 Å². The first kappa shape index (κ1) is 10.4. The van der Waals surface area contributed by atoms with Crippen LogP contribution in [0.2, 0.25) is 0 Å². The van der Waals surface area contributed by atoms with E-state index in [1.54, 1.807) is 12.1 Å². The smallest absolute Gasteiger partial charge is 0.126 e. The molecular weight excluding hydrogens is 193 g/mol. The summed E-state index contributed by atoms with van der Waals surface area (Å²) in [6.45, 7) is 4.10. The molecule has 1 aromatic rings. The summed E-state index contributed by atoms with van der Waals surface area (Å²) in [4.78, 5) is 0. The molecule has 3 heteroatoms. The van der Waals surface area contributed by atoms with Gasteiger partial charge >= 0.3 is 0 Å².